The number of sulfone groups is 2. The van der Waals surface area contributed by atoms with Crippen molar-refractivity contribution >= 4 is 19.7 Å². The summed E-state index contributed by atoms with van der Waals surface area (Å²) in [5.74, 6) is -0.299. The zero-order chi connectivity index (χ0) is 22.6. The van der Waals surface area contributed by atoms with E-state index in [0.29, 0.717) is 13.0 Å². The molecule has 1 heterocycles. The average molecular weight is 481 g/mol. The lowest BCUT2D eigenvalue weighted by molar-refractivity contribution is 0.0740. The van der Waals surface area contributed by atoms with Crippen LogP contribution >= 0.6 is 0 Å². The Morgan fingerprint density at radius 2 is 1.24 bits per heavy atom. The highest BCUT2D eigenvalue weighted by Gasteiger charge is 2.85. The van der Waals surface area contributed by atoms with Gasteiger partial charge < -0.3 is 0 Å². The second-order valence-electron chi connectivity index (χ2n) is 10.2. The summed E-state index contributed by atoms with van der Waals surface area (Å²) >= 11 is 0. The van der Waals surface area contributed by atoms with Gasteiger partial charge in [-0.05, 0) is 48.9 Å². The molecule has 2 aromatic carbocycles. The highest BCUT2D eigenvalue weighted by atomic mass is 32.2. The van der Waals surface area contributed by atoms with Crippen molar-refractivity contribution in [1.29, 1.82) is 0 Å². The summed E-state index contributed by atoms with van der Waals surface area (Å²) in [6.07, 6.45) is 5.89. The van der Waals surface area contributed by atoms with E-state index in [1.54, 1.807) is 60.7 Å². The minimum absolute atomic E-state index is 0.137. The monoisotopic (exact) mass is 480 g/mol. The van der Waals surface area contributed by atoms with Crippen molar-refractivity contribution in [2.75, 3.05) is 6.54 Å². The van der Waals surface area contributed by atoms with Crippen molar-refractivity contribution < 1.29 is 16.8 Å². The molecule has 1 aliphatic heterocycles. The molecule has 6 nitrogen and oxygen atoms in total. The number of fused-ring (bicyclic) bond motifs is 4. The van der Waals surface area contributed by atoms with E-state index >= 15 is 0 Å². The Balaban J connectivity index is 1.48. The lowest BCUT2D eigenvalue weighted by Gasteiger charge is -2.51. The maximum Gasteiger partial charge on any atom is 0.182 e. The Labute approximate surface area is 193 Å². The van der Waals surface area contributed by atoms with E-state index in [-0.39, 0.29) is 38.9 Å². The number of rotatable bonds is 4. The average Bonchev–Trinajstić information content (AvgIpc) is 3.62. The van der Waals surface area contributed by atoms with Gasteiger partial charge in [-0.15, -0.1) is 0 Å². The highest BCUT2D eigenvalue weighted by molar-refractivity contribution is 7.96. The van der Waals surface area contributed by atoms with Crippen LogP contribution in [0.4, 0.5) is 0 Å². The van der Waals surface area contributed by atoms with Crippen molar-refractivity contribution in [1.82, 2.24) is 0 Å². The van der Waals surface area contributed by atoms with Crippen molar-refractivity contribution in [3.8, 4) is 0 Å². The smallest absolute Gasteiger partial charge is 0.182 e. The van der Waals surface area contributed by atoms with E-state index in [4.69, 9.17) is 5.11 Å². The van der Waals surface area contributed by atoms with Crippen LogP contribution < -0.4 is 0 Å². The lowest BCUT2D eigenvalue weighted by atomic mass is 9.57. The molecule has 0 saturated heterocycles. The Morgan fingerprint density at radius 3 is 1.85 bits per heavy atom. The summed E-state index contributed by atoms with van der Waals surface area (Å²) in [6, 6.07) is 16.7. The molecule has 3 saturated carbocycles. The largest absolute Gasteiger partial charge is 0.223 e. The van der Waals surface area contributed by atoms with Crippen LogP contribution in [0.1, 0.15) is 12.8 Å². The molecule has 4 bridgehead atoms. The first kappa shape index (κ1) is 20.1. The Morgan fingerprint density at radius 1 is 0.697 bits per heavy atom. The summed E-state index contributed by atoms with van der Waals surface area (Å²) in [5.41, 5.74) is -0.974. The number of allylic oxidation sites excluding steroid dienone is 1. The first-order valence-electron chi connectivity index (χ1n) is 11.5. The standard InChI is InChI=1S/C25H24N2O4S2/c28-32(29,18-7-3-1-4-8-18)22-20-14-21(23(22)33(30,31)19-9-5-2-6-10-19)25-17-12-11-16(13-17)24(20,25)15-26-27-25/h1-12,16-17,20-23H,13-15H2/t16-,17-,20+,21-,22+,23-,24+,25+/m0/s1. The van der Waals surface area contributed by atoms with Gasteiger partial charge in [-0.1, -0.05) is 48.6 Å². The fourth-order valence-electron chi connectivity index (χ4n) is 8.37. The SMILES string of the molecule is O=S(=O)(c1ccccc1)[C@@H]1[C@H](S(=O)(=O)c2ccccc2)[C@H]2C[C@@H]1[C@@]13N=NC[C@@]21[C@H]1C=C[C@H]3C1. The third kappa shape index (κ3) is 2.12. The number of azo groups is 1. The number of hydrogen-bond acceptors (Lipinski definition) is 6. The van der Waals surface area contributed by atoms with Crippen LogP contribution in [0.5, 0.6) is 0 Å². The molecule has 8 heteroatoms. The normalized spacial score (nSPS) is 42.1. The van der Waals surface area contributed by atoms with Gasteiger partial charge in [0.2, 0.25) is 0 Å². The molecule has 0 unspecified atom stereocenters. The molecule has 3 fully saturated rings. The minimum Gasteiger partial charge on any atom is -0.223 e. The summed E-state index contributed by atoms with van der Waals surface area (Å²) < 4.78 is 56.6. The minimum atomic E-state index is -3.92. The molecular weight excluding hydrogens is 456 g/mol. The van der Waals surface area contributed by atoms with E-state index in [1.807, 2.05) is 0 Å². The first-order valence-corrected chi connectivity index (χ1v) is 14.6. The van der Waals surface area contributed by atoms with Crippen LogP contribution in [0.2, 0.25) is 0 Å². The molecule has 0 radical (unpaired) electrons. The van der Waals surface area contributed by atoms with Gasteiger partial charge in [-0.25, -0.2) is 16.8 Å². The maximum absolute atomic E-state index is 14.1. The quantitative estimate of drug-likeness (QED) is 0.624. The van der Waals surface area contributed by atoms with Gasteiger partial charge in [0.25, 0.3) is 0 Å². The second-order valence-corrected chi connectivity index (χ2v) is 14.4. The Kier molecular flexibility index (Phi) is 3.78. The molecule has 2 aromatic rings. The van der Waals surface area contributed by atoms with Gasteiger partial charge in [0, 0.05) is 17.3 Å². The van der Waals surface area contributed by atoms with Crippen LogP contribution in [-0.2, 0) is 19.7 Å². The maximum atomic E-state index is 14.1. The molecule has 0 amide bonds. The number of hydrogen-bond donors (Lipinski definition) is 0. The van der Waals surface area contributed by atoms with Crippen LogP contribution in [0.15, 0.2) is 92.8 Å². The van der Waals surface area contributed by atoms with Gasteiger partial charge in [0.1, 0.15) is 5.54 Å². The molecule has 5 aliphatic rings. The summed E-state index contributed by atoms with van der Waals surface area (Å²) in [7, 11) is -7.82. The van der Waals surface area contributed by atoms with Crippen molar-refractivity contribution in [3.63, 3.8) is 0 Å². The molecule has 33 heavy (non-hydrogen) atoms. The molecule has 8 atom stereocenters. The first-order chi connectivity index (χ1) is 15.8. The molecule has 7 rings (SSSR count). The predicted molar refractivity (Wildman–Crippen MR) is 122 cm³/mol. The van der Waals surface area contributed by atoms with Crippen molar-refractivity contribution in [2.45, 2.75) is 38.7 Å². The Hall–Kier alpha value is -2.32. The third-order valence-electron chi connectivity index (χ3n) is 9.34. The van der Waals surface area contributed by atoms with Gasteiger partial charge in [0.05, 0.1) is 26.8 Å². The zero-order valence-electron chi connectivity index (χ0n) is 17.9. The van der Waals surface area contributed by atoms with Crippen LogP contribution in [0.25, 0.3) is 0 Å². The van der Waals surface area contributed by atoms with Crippen LogP contribution in [-0.4, -0.2) is 39.4 Å². The molecule has 0 aromatic heterocycles. The summed E-state index contributed by atoms with van der Waals surface area (Å²) in [6.45, 7) is 0.499. The van der Waals surface area contributed by atoms with Crippen molar-refractivity contribution in [3.05, 3.63) is 72.8 Å². The van der Waals surface area contributed by atoms with Gasteiger partial charge >= 0.3 is 0 Å². The fourth-order valence-corrected chi connectivity index (χ4v) is 13.6. The van der Waals surface area contributed by atoms with Gasteiger partial charge in [0.15, 0.2) is 19.7 Å². The lowest BCUT2D eigenvalue weighted by Crippen LogP contribution is -2.63. The fraction of sp³-hybridized carbons (Fsp3) is 0.440. The summed E-state index contributed by atoms with van der Waals surface area (Å²) in [5, 5.41) is 7.26. The molecule has 0 N–H and O–H groups in total. The van der Waals surface area contributed by atoms with E-state index in [0.717, 1.165) is 6.42 Å². The summed E-state index contributed by atoms with van der Waals surface area (Å²) in [4.78, 5) is 0.384. The van der Waals surface area contributed by atoms with Crippen molar-refractivity contribution in [2.24, 2.45) is 39.3 Å². The van der Waals surface area contributed by atoms with Crippen LogP contribution in [0.3, 0.4) is 0 Å². The second kappa shape index (κ2) is 6.21. The highest BCUT2D eigenvalue weighted by Crippen LogP contribution is 2.79. The number of benzene rings is 2. The Bertz CT molecular complexity index is 1420. The molecule has 170 valence electrons. The van der Waals surface area contributed by atoms with Gasteiger partial charge in [-0.3, -0.25) is 0 Å². The van der Waals surface area contributed by atoms with Crippen LogP contribution in [0, 0.1) is 29.1 Å². The molecule has 0 spiro atoms. The molecular formula is C25H24N2O4S2. The van der Waals surface area contributed by atoms with E-state index in [1.165, 1.54) is 0 Å². The number of nitrogens with zero attached hydrogens (tertiary/aromatic N) is 2. The third-order valence-corrected chi connectivity index (χ3v) is 14.0. The topological polar surface area (TPSA) is 93.0 Å². The van der Waals surface area contributed by atoms with E-state index in [9.17, 15) is 16.8 Å². The zero-order valence-corrected chi connectivity index (χ0v) is 19.5. The van der Waals surface area contributed by atoms with Gasteiger partial charge in [-0.2, -0.15) is 10.2 Å². The predicted octanol–water partition coefficient (Wildman–Crippen LogP) is 3.72. The molecule has 4 aliphatic carbocycles. The van der Waals surface area contributed by atoms with E-state index < -0.39 is 35.7 Å². The van der Waals surface area contributed by atoms with E-state index in [2.05, 4.69) is 17.3 Å².